The maximum atomic E-state index is 14.0. The fourth-order valence-electron chi connectivity index (χ4n) is 1.97. The average Bonchev–Trinajstić information content (AvgIpc) is 2.36. The predicted molar refractivity (Wildman–Crippen MR) is 79.6 cm³/mol. The van der Waals surface area contributed by atoms with Crippen LogP contribution in [0.2, 0.25) is 0 Å². The largest absolute Gasteiger partial charge is 0.389 e. The van der Waals surface area contributed by atoms with E-state index in [0.29, 0.717) is 24.2 Å². The third-order valence-corrected chi connectivity index (χ3v) is 2.84. The zero-order valence-electron chi connectivity index (χ0n) is 12.4. The van der Waals surface area contributed by atoms with Gasteiger partial charge in [0.15, 0.2) is 0 Å². The number of nitrogens with zero attached hydrogens (tertiary/aromatic N) is 1. The zero-order valence-corrected chi connectivity index (χ0v) is 12.4. The van der Waals surface area contributed by atoms with E-state index in [1.807, 2.05) is 11.8 Å². The number of likely N-dealkylation sites (N-methyl/N-ethyl adjacent to an activating group) is 1. The van der Waals surface area contributed by atoms with Gasteiger partial charge in [0.2, 0.25) is 0 Å². The molecule has 0 aliphatic rings. The first-order chi connectivity index (χ1) is 9.35. The highest BCUT2D eigenvalue weighted by molar-refractivity contribution is 5.37. The van der Waals surface area contributed by atoms with E-state index >= 15 is 0 Å². The standard InChI is InChI=1S/C16H23FN2O/c1-4-19(12-16(2,3)20)11-14-8-7-13(6-5-9-18)10-15(14)17/h7-8,10,20H,4,9,11-12,18H2,1-3H3. The molecule has 0 heterocycles. The molecule has 0 radical (unpaired) electrons. The minimum Gasteiger partial charge on any atom is -0.389 e. The number of halogens is 1. The number of hydrogen-bond acceptors (Lipinski definition) is 3. The van der Waals surface area contributed by atoms with Gasteiger partial charge in [0.25, 0.3) is 0 Å². The molecule has 0 aliphatic heterocycles. The Hall–Kier alpha value is -1.41. The number of aliphatic hydroxyl groups is 1. The molecular formula is C16H23FN2O. The van der Waals surface area contributed by atoms with Crippen molar-refractivity contribution in [1.82, 2.24) is 4.90 Å². The van der Waals surface area contributed by atoms with Gasteiger partial charge >= 0.3 is 0 Å². The first kappa shape index (κ1) is 16.6. The molecule has 1 aromatic carbocycles. The highest BCUT2D eigenvalue weighted by Gasteiger charge is 2.18. The molecule has 0 aliphatic carbocycles. The van der Waals surface area contributed by atoms with Crippen LogP contribution in [0.25, 0.3) is 0 Å². The van der Waals surface area contributed by atoms with Crippen molar-refractivity contribution in [3.05, 3.63) is 35.1 Å². The molecule has 0 bridgehead atoms. The van der Waals surface area contributed by atoms with Gasteiger partial charge in [-0.05, 0) is 32.5 Å². The second-order valence-corrected chi connectivity index (χ2v) is 5.43. The van der Waals surface area contributed by atoms with Crippen molar-refractivity contribution >= 4 is 0 Å². The van der Waals surface area contributed by atoms with Gasteiger partial charge < -0.3 is 10.8 Å². The summed E-state index contributed by atoms with van der Waals surface area (Å²) >= 11 is 0. The van der Waals surface area contributed by atoms with E-state index in [9.17, 15) is 9.50 Å². The van der Waals surface area contributed by atoms with E-state index < -0.39 is 5.60 Å². The molecule has 0 saturated carbocycles. The van der Waals surface area contributed by atoms with E-state index in [1.54, 1.807) is 26.0 Å². The summed E-state index contributed by atoms with van der Waals surface area (Å²) in [5.41, 5.74) is 5.73. The molecule has 3 nitrogen and oxygen atoms in total. The highest BCUT2D eigenvalue weighted by atomic mass is 19.1. The van der Waals surface area contributed by atoms with Gasteiger partial charge in [0.05, 0.1) is 12.1 Å². The second-order valence-electron chi connectivity index (χ2n) is 5.43. The average molecular weight is 278 g/mol. The Labute approximate surface area is 120 Å². The van der Waals surface area contributed by atoms with Crippen molar-refractivity contribution in [3.63, 3.8) is 0 Å². The molecule has 0 aromatic heterocycles. The molecule has 0 unspecified atom stereocenters. The summed E-state index contributed by atoms with van der Waals surface area (Å²) in [6, 6.07) is 4.96. The van der Waals surface area contributed by atoms with Gasteiger partial charge in [-0.3, -0.25) is 4.90 Å². The first-order valence-corrected chi connectivity index (χ1v) is 6.78. The normalized spacial score (nSPS) is 11.3. The summed E-state index contributed by atoms with van der Waals surface area (Å²) in [6.45, 7) is 7.46. The summed E-state index contributed by atoms with van der Waals surface area (Å²) in [7, 11) is 0. The smallest absolute Gasteiger partial charge is 0.128 e. The third-order valence-electron chi connectivity index (χ3n) is 2.84. The highest BCUT2D eigenvalue weighted by Crippen LogP contribution is 2.14. The maximum absolute atomic E-state index is 14.0. The molecule has 0 spiro atoms. The zero-order chi connectivity index (χ0) is 15.2. The van der Waals surface area contributed by atoms with Crippen LogP contribution < -0.4 is 5.73 Å². The number of nitrogens with two attached hydrogens (primary N) is 1. The SMILES string of the molecule is CCN(Cc1ccc(C#CCN)cc1F)CC(C)(C)O. The molecule has 1 aromatic rings. The van der Waals surface area contributed by atoms with Gasteiger partial charge in [-0.1, -0.05) is 24.8 Å². The first-order valence-electron chi connectivity index (χ1n) is 6.78. The summed E-state index contributed by atoms with van der Waals surface area (Å²) in [5, 5.41) is 9.84. The Morgan fingerprint density at radius 3 is 2.60 bits per heavy atom. The Balaban J connectivity index is 2.81. The summed E-state index contributed by atoms with van der Waals surface area (Å²) in [4.78, 5) is 2.00. The fourth-order valence-corrected chi connectivity index (χ4v) is 1.97. The molecular weight excluding hydrogens is 255 g/mol. The van der Waals surface area contributed by atoms with Crippen LogP contribution in [0, 0.1) is 17.7 Å². The van der Waals surface area contributed by atoms with Crippen LogP contribution in [0.4, 0.5) is 4.39 Å². The van der Waals surface area contributed by atoms with E-state index in [0.717, 1.165) is 6.54 Å². The van der Waals surface area contributed by atoms with Crippen molar-refractivity contribution < 1.29 is 9.50 Å². The number of benzene rings is 1. The van der Waals surface area contributed by atoms with Gasteiger partial charge in [-0.15, -0.1) is 0 Å². The van der Waals surface area contributed by atoms with Crippen LogP contribution >= 0.6 is 0 Å². The van der Waals surface area contributed by atoms with Gasteiger partial charge in [0, 0.05) is 24.2 Å². The fraction of sp³-hybridized carbons (Fsp3) is 0.500. The number of hydrogen-bond donors (Lipinski definition) is 2. The minimum atomic E-state index is -0.793. The van der Waals surface area contributed by atoms with Crippen molar-refractivity contribution in [2.75, 3.05) is 19.6 Å². The summed E-state index contributed by atoms with van der Waals surface area (Å²) in [6.07, 6.45) is 0. The van der Waals surface area contributed by atoms with E-state index in [2.05, 4.69) is 11.8 Å². The molecule has 4 heteroatoms. The Morgan fingerprint density at radius 2 is 2.10 bits per heavy atom. The molecule has 1 rings (SSSR count). The molecule has 20 heavy (non-hydrogen) atoms. The lowest BCUT2D eigenvalue weighted by molar-refractivity contribution is 0.0350. The molecule has 0 saturated heterocycles. The van der Waals surface area contributed by atoms with Crippen LogP contribution in [0.15, 0.2) is 18.2 Å². The Bertz CT molecular complexity index is 497. The van der Waals surface area contributed by atoms with Crippen LogP contribution in [0.5, 0.6) is 0 Å². The lowest BCUT2D eigenvalue weighted by atomic mass is 10.1. The van der Waals surface area contributed by atoms with Crippen LogP contribution in [-0.4, -0.2) is 35.2 Å². The van der Waals surface area contributed by atoms with Gasteiger partial charge in [-0.25, -0.2) is 4.39 Å². The topological polar surface area (TPSA) is 49.5 Å². The summed E-state index contributed by atoms with van der Waals surface area (Å²) < 4.78 is 14.0. The lowest BCUT2D eigenvalue weighted by Crippen LogP contribution is -2.38. The van der Waals surface area contributed by atoms with Gasteiger partial charge in [-0.2, -0.15) is 0 Å². The minimum absolute atomic E-state index is 0.262. The van der Waals surface area contributed by atoms with Crippen molar-refractivity contribution in [2.24, 2.45) is 5.73 Å². The van der Waals surface area contributed by atoms with E-state index in [4.69, 9.17) is 5.73 Å². The maximum Gasteiger partial charge on any atom is 0.128 e. The van der Waals surface area contributed by atoms with E-state index in [-0.39, 0.29) is 12.4 Å². The van der Waals surface area contributed by atoms with Crippen molar-refractivity contribution in [2.45, 2.75) is 32.9 Å². The Kier molecular flexibility index (Phi) is 6.15. The molecule has 0 amide bonds. The van der Waals surface area contributed by atoms with Crippen molar-refractivity contribution in [1.29, 1.82) is 0 Å². The number of rotatable bonds is 5. The third kappa shape index (κ3) is 5.70. The lowest BCUT2D eigenvalue weighted by Gasteiger charge is -2.28. The van der Waals surface area contributed by atoms with Crippen LogP contribution in [0.1, 0.15) is 31.9 Å². The monoisotopic (exact) mass is 278 g/mol. The molecule has 0 atom stereocenters. The van der Waals surface area contributed by atoms with Crippen LogP contribution in [-0.2, 0) is 6.54 Å². The van der Waals surface area contributed by atoms with Crippen LogP contribution in [0.3, 0.4) is 0 Å². The second kappa shape index (κ2) is 7.39. The molecule has 0 fully saturated rings. The van der Waals surface area contributed by atoms with E-state index in [1.165, 1.54) is 6.07 Å². The molecule has 3 N–H and O–H groups in total. The molecule has 110 valence electrons. The van der Waals surface area contributed by atoms with Crippen molar-refractivity contribution in [3.8, 4) is 11.8 Å². The van der Waals surface area contributed by atoms with Gasteiger partial charge in [0.1, 0.15) is 5.82 Å². The summed E-state index contributed by atoms with van der Waals surface area (Å²) in [5.74, 6) is 5.24. The quantitative estimate of drug-likeness (QED) is 0.807. The Morgan fingerprint density at radius 1 is 1.40 bits per heavy atom. The predicted octanol–water partition coefficient (Wildman–Crippen LogP) is 1.73.